The summed E-state index contributed by atoms with van der Waals surface area (Å²) in [5.41, 5.74) is 2.25. The number of amidine groups is 1. The van der Waals surface area contributed by atoms with E-state index in [0.29, 0.717) is 5.17 Å². The zero-order chi connectivity index (χ0) is 17.7. The monoisotopic (exact) mass is 345 g/mol. The van der Waals surface area contributed by atoms with Gasteiger partial charge in [-0.15, -0.1) is 5.10 Å². The molecule has 1 aromatic rings. The number of rotatable bonds is 3. The van der Waals surface area contributed by atoms with E-state index in [4.69, 9.17) is 0 Å². The number of methoxy groups -OCH3 is 1. The molecule has 24 heavy (non-hydrogen) atoms. The van der Waals surface area contributed by atoms with Crippen LogP contribution in [0.15, 0.2) is 45.4 Å². The molecule has 0 bridgehead atoms. The summed E-state index contributed by atoms with van der Waals surface area (Å²) in [7, 11) is 1.25. The minimum Gasteiger partial charge on any atom is -0.466 e. The van der Waals surface area contributed by atoms with Crippen molar-refractivity contribution in [2.24, 2.45) is 10.2 Å². The average Bonchev–Trinajstić information content (AvgIpc) is 2.86. The van der Waals surface area contributed by atoms with Crippen molar-refractivity contribution in [3.63, 3.8) is 0 Å². The Morgan fingerprint density at radius 2 is 1.92 bits per heavy atom. The third-order valence-electron chi connectivity index (χ3n) is 3.23. The van der Waals surface area contributed by atoms with Crippen molar-refractivity contribution in [1.29, 1.82) is 0 Å². The fourth-order valence-electron chi connectivity index (χ4n) is 1.86. The van der Waals surface area contributed by atoms with Gasteiger partial charge in [0.1, 0.15) is 0 Å². The fraction of sp³-hybridized carbons (Fsp3) is 0.294. The minimum absolute atomic E-state index is 0.100. The van der Waals surface area contributed by atoms with Crippen molar-refractivity contribution in [3.05, 3.63) is 46.4 Å². The van der Waals surface area contributed by atoms with Crippen molar-refractivity contribution in [2.75, 3.05) is 7.11 Å². The number of esters is 1. The topological polar surface area (TPSA) is 80.1 Å². The lowest BCUT2D eigenvalue weighted by atomic mass is 9.87. The molecule has 1 fully saturated rings. The van der Waals surface area contributed by atoms with Crippen molar-refractivity contribution in [2.45, 2.75) is 26.2 Å². The van der Waals surface area contributed by atoms with Gasteiger partial charge in [-0.25, -0.2) is 4.79 Å². The molecule has 0 radical (unpaired) electrons. The molecular formula is C17H19N3O3S. The molecule has 126 valence electrons. The average molecular weight is 345 g/mol. The summed E-state index contributed by atoms with van der Waals surface area (Å²) >= 11 is 1.04. The first-order valence-corrected chi connectivity index (χ1v) is 8.11. The number of benzene rings is 1. The second-order valence-corrected chi connectivity index (χ2v) is 7.14. The quantitative estimate of drug-likeness (QED) is 0.395. The van der Waals surface area contributed by atoms with Crippen LogP contribution in [0.3, 0.4) is 0 Å². The summed E-state index contributed by atoms with van der Waals surface area (Å²) in [6, 6.07) is 8.04. The van der Waals surface area contributed by atoms with Crippen molar-refractivity contribution in [1.82, 2.24) is 5.32 Å². The van der Waals surface area contributed by atoms with E-state index in [1.54, 1.807) is 6.21 Å². The Morgan fingerprint density at radius 3 is 2.50 bits per heavy atom. The molecule has 1 N–H and O–H groups in total. The number of amides is 1. The Balaban J connectivity index is 2.03. The highest BCUT2D eigenvalue weighted by Crippen LogP contribution is 2.24. The molecule has 6 nitrogen and oxygen atoms in total. The van der Waals surface area contributed by atoms with E-state index in [1.165, 1.54) is 12.7 Å². The van der Waals surface area contributed by atoms with Gasteiger partial charge in [0.25, 0.3) is 5.91 Å². The Morgan fingerprint density at radius 1 is 1.25 bits per heavy atom. The molecule has 0 unspecified atom stereocenters. The summed E-state index contributed by atoms with van der Waals surface area (Å²) in [6.45, 7) is 6.46. The third kappa shape index (κ3) is 4.79. The Kier molecular flexibility index (Phi) is 5.56. The minimum atomic E-state index is -0.587. The van der Waals surface area contributed by atoms with Gasteiger partial charge < -0.3 is 4.74 Å². The van der Waals surface area contributed by atoms with Gasteiger partial charge in [0, 0.05) is 6.08 Å². The molecule has 1 aliphatic rings. The first-order chi connectivity index (χ1) is 11.3. The third-order valence-corrected chi connectivity index (χ3v) is 4.13. The number of carbonyl (C=O) groups is 2. The molecular weight excluding hydrogens is 326 g/mol. The van der Waals surface area contributed by atoms with Gasteiger partial charge >= 0.3 is 5.97 Å². The first kappa shape index (κ1) is 17.9. The van der Waals surface area contributed by atoms with Gasteiger partial charge in [-0.05, 0) is 28.3 Å². The van der Waals surface area contributed by atoms with Crippen LogP contribution in [0.5, 0.6) is 0 Å². The molecule has 0 spiro atoms. The van der Waals surface area contributed by atoms with Crippen LogP contribution in [0.25, 0.3) is 0 Å². The van der Waals surface area contributed by atoms with Crippen molar-refractivity contribution in [3.8, 4) is 0 Å². The van der Waals surface area contributed by atoms with Gasteiger partial charge in [0.15, 0.2) is 5.17 Å². The smallest absolute Gasteiger partial charge is 0.331 e. The molecule has 1 saturated heterocycles. The molecule has 0 aromatic heterocycles. The van der Waals surface area contributed by atoms with Gasteiger partial charge in [-0.2, -0.15) is 5.10 Å². The van der Waals surface area contributed by atoms with E-state index >= 15 is 0 Å². The molecule has 1 aliphatic heterocycles. The molecule has 0 aliphatic carbocycles. The van der Waals surface area contributed by atoms with Gasteiger partial charge in [-0.3, -0.25) is 10.1 Å². The van der Waals surface area contributed by atoms with E-state index in [0.717, 1.165) is 23.4 Å². The van der Waals surface area contributed by atoms with Crippen LogP contribution < -0.4 is 5.32 Å². The Bertz CT molecular complexity index is 728. The van der Waals surface area contributed by atoms with Crippen molar-refractivity contribution >= 4 is 35.0 Å². The number of carbonyl (C=O) groups excluding carboxylic acids is 2. The van der Waals surface area contributed by atoms with Crippen molar-refractivity contribution < 1.29 is 14.3 Å². The summed E-state index contributed by atoms with van der Waals surface area (Å²) in [6.07, 6.45) is 2.73. The number of nitrogens with zero attached hydrogens (tertiary/aromatic N) is 2. The van der Waals surface area contributed by atoms with Crippen LogP contribution in [0.2, 0.25) is 0 Å². The molecule has 0 saturated carbocycles. The summed E-state index contributed by atoms with van der Waals surface area (Å²) < 4.78 is 4.49. The highest BCUT2D eigenvalue weighted by molar-refractivity contribution is 8.18. The Labute approximate surface area is 145 Å². The molecule has 7 heteroatoms. The van der Waals surface area contributed by atoms with Crippen LogP contribution >= 0.6 is 11.8 Å². The lowest BCUT2D eigenvalue weighted by Gasteiger charge is -2.18. The van der Waals surface area contributed by atoms with E-state index in [-0.39, 0.29) is 10.3 Å². The van der Waals surface area contributed by atoms with E-state index < -0.39 is 11.9 Å². The predicted octanol–water partition coefficient (Wildman–Crippen LogP) is 2.59. The zero-order valence-electron chi connectivity index (χ0n) is 14.0. The van der Waals surface area contributed by atoms with E-state index in [1.807, 2.05) is 12.1 Å². The lowest BCUT2D eigenvalue weighted by molar-refractivity contribution is -0.135. The molecule has 0 atom stereocenters. The number of ether oxygens (including phenoxy) is 1. The predicted molar refractivity (Wildman–Crippen MR) is 96.0 cm³/mol. The van der Waals surface area contributed by atoms with Gasteiger partial charge in [-0.1, -0.05) is 45.0 Å². The summed E-state index contributed by atoms with van der Waals surface area (Å²) in [4.78, 5) is 23.0. The largest absolute Gasteiger partial charge is 0.466 e. The second-order valence-electron chi connectivity index (χ2n) is 6.11. The van der Waals surface area contributed by atoms with E-state index in [2.05, 4.69) is 53.2 Å². The van der Waals surface area contributed by atoms with Crippen LogP contribution in [0.1, 0.15) is 31.9 Å². The number of hydrogen-bond acceptors (Lipinski definition) is 6. The maximum atomic E-state index is 11.7. The van der Waals surface area contributed by atoms with Crippen LogP contribution in [-0.4, -0.2) is 30.4 Å². The second kappa shape index (κ2) is 7.44. The molecule has 1 heterocycles. The highest BCUT2D eigenvalue weighted by atomic mass is 32.2. The fourth-order valence-corrected chi connectivity index (χ4v) is 2.60. The highest BCUT2D eigenvalue weighted by Gasteiger charge is 2.24. The van der Waals surface area contributed by atoms with Crippen LogP contribution in [0.4, 0.5) is 0 Å². The van der Waals surface area contributed by atoms with Crippen LogP contribution in [0, 0.1) is 0 Å². The summed E-state index contributed by atoms with van der Waals surface area (Å²) in [5.74, 6) is -0.981. The summed E-state index contributed by atoms with van der Waals surface area (Å²) in [5, 5.41) is 10.8. The first-order valence-electron chi connectivity index (χ1n) is 7.30. The molecule has 2 rings (SSSR count). The molecule has 1 aromatic carbocycles. The standard InChI is InChI=1S/C17H19N3O3S/c1-17(2,3)12-7-5-11(6-8-12)10-18-20-16-19-15(22)13(24-16)9-14(21)23-4/h5-10H,1-4H3,(H,19,20,22)/b13-9+,18-10?. The SMILES string of the molecule is COC(=O)/C=C1/S/C(=N\N=Cc2ccc(C(C)(C)C)cc2)NC1=O. The Hall–Kier alpha value is -2.41. The van der Waals surface area contributed by atoms with E-state index in [9.17, 15) is 9.59 Å². The number of hydrogen-bond donors (Lipinski definition) is 1. The molecule has 1 amide bonds. The normalized spacial score (nSPS) is 18.4. The number of nitrogens with one attached hydrogen (secondary N) is 1. The maximum absolute atomic E-state index is 11.7. The number of thioether (sulfide) groups is 1. The van der Waals surface area contributed by atoms with Crippen LogP contribution in [-0.2, 0) is 19.7 Å². The maximum Gasteiger partial charge on any atom is 0.331 e. The lowest BCUT2D eigenvalue weighted by Crippen LogP contribution is -2.19. The zero-order valence-corrected chi connectivity index (χ0v) is 14.8. The van der Waals surface area contributed by atoms with Gasteiger partial charge in [0.05, 0.1) is 18.2 Å². The van der Waals surface area contributed by atoms with Gasteiger partial charge in [0.2, 0.25) is 0 Å².